The molecule has 1 aliphatic heterocycles. The van der Waals surface area contributed by atoms with Gasteiger partial charge in [0.05, 0.1) is 13.7 Å². The molecule has 1 aliphatic rings. The fraction of sp³-hybridized carbons (Fsp3) is 0.571. The molecule has 1 aromatic rings. The molecule has 0 saturated carbocycles. The van der Waals surface area contributed by atoms with Crippen LogP contribution in [0.15, 0.2) is 18.2 Å². The average Bonchev–Trinajstić information content (AvgIpc) is 2.64. The Kier molecular flexibility index (Phi) is 7.05. The maximum Gasteiger partial charge on any atom is 0.254 e. The molecule has 1 fully saturated rings. The van der Waals surface area contributed by atoms with Crippen molar-refractivity contribution in [2.75, 3.05) is 39.8 Å². The van der Waals surface area contributed by atoms with Crippen molar-refractivity contribution in [2.24, 2.45) is 5.41 Å². The van der Waals surface area contributed by atoms with Gasteiger partial charge in [-0.25, -0.2) is 0 Å². The molecule has 0 atom stereocenters. The van der Waals surface area contributed by atoms with E-state index in [2.05, 4.69) is 5.32 Å². The summed E-state index contributed by atoms with van der Waals surface area (Å²) in [5.41, 5.74) is 1.44. The lowest BCUT2D eigenvalue weighted by molar-refractivity contribution is -0.134. The van der Waals surface area contributed by atoms with E-state index in [1.54, 1.807) is 29.0 Å². The van der Waals surface area contributed by atoms with Gasteiger partial charge >= 0.3 is 0 Å². The van der Waals surface area contributed by atoms with Crippen LogP contribution in [0.1, 0.15) is 43.1 Å². The molecule has 0 bridgehead atoms. The molecule has 7 nitrogen and oxygen atoms in total. The highest BCUT2D eigenvalue weighted by atomic mass is 16.5. The fourth-order valence-electron chi connectivity index (χ4n) is 3.12. The van der Waals surface area contributed by atoms with Crippen LogP contribution in [-0.4, -0.2) is 67.4 Å². The van der Waals surface area contributed by atoms with E-state index in [1.165, 1.54) is 0 Å². The molecular weight excluding hydrogens is 358 g/mol. The molecular formula is C21H31N3O4. The molecule has 2 rings (SSSR count). The first-order valence-electron chi connectivity index (χ1n) is 9.59. The Hall–Kier alpha value is -2.57. The standard InChI is InChI=1S/C21H31N3O4/c1-15-6-7-16(12-17(15)28-5)20(27)24-10-8-23(9-11-24)19(26)14-22-18(25)13-21(2,3)4/h6-7,12H,8-11,13-14H2,1-5H3,(H,22,25). The van der Waals surface area contributed by atoms with Crippen LogP contribution in [0.5, 0.6) is 5.75 Å². The molecule has 0 spiro atoms. The molecule has 0 unspecified atom stereocenters. The van der Waals surface area contributed by atoms with Crippen molar-refractivity contribution < 1.29 is 19.1 Å². The SMILES string of the molecule is COc1cc(C(=O)N2CCN(C(=O)CNC(=O)CC(C)(C)C)CC2)ccc1C. The predicted molar refractivity (Wildman–Crippen MR) is 107 cm³/mol. The molecule has 0 radical (unpaired) electrons. The van der Waals surface area contributed by atoms with E-state index in [0.717, 1.165) is 5.56 Å². The molecule has 3 amide bonds. The van der Waals surface area contributed by atoms with Gasteiger partial charge in [0.15, 0.2) is 0 Å². The van der Waals surface area contributed by atoms with Crippen molar-refractivity contribution in [3.8, 4) is 5.75 Å². The number of nitrogens with one attached hydrogen (secondary N) is 1. The zero-order chi connectivity index (χ0) is 20.9. The highest BCUT2D eigenvalue weighted by Gasteiger charge is 2.25. The minimum absolute atomic E-state index is 0.00196. The highest BCUT2D eigenvalue weighted by Crippen LogP contribution is 2.20. The van der Waals surface area contributed by atoms with E-state index in [4.69, 9.17) is 4.74 Å². The highest BCUT2D eigenvalue weighted by molar-refractivity contribution is 5.95. The van der Waals surface area contributed by atoms with Crippen molar-refractivity contribution in [3.05, 3.63) is 29.3 Å². The third kappa shape index (κ3) is 5.97. The second-order valence-corrected chi connectivity index (χ2v) is 8.37. The number of amides is 3. The lowest BCUT2D eigenvalue weighted by atomic mass is 9.92. The summed E-state index contributed by atoms with van der Waals surface area (Å²) in [4.78, 5) is 40.3. The van der Waals surface area contributed by atoms with E-state index < -0.39 is 0 Å². The maximum absolute atomic E-state index is 12.7. The van der Waals surface area contributed by atoms with E-state index >= 15 is 0 Å². The summed E-state index contributed by atoms with van der Waals surface area (Å²) in [6, 6.07) is 5.41. The van der Waals surface area contributed by atoms with E-state index in [-0.39, 0.29) is 29.7 Å². The van der Waals surface area contributed by atoms with Gasteiger partial charge in [-0.15, -0.1) is 0 Å². The van der Waals surface area contributed by atoms with Gasteiger partial charge < -0.3 is 19.9 Å². The molecule has 154 valence electrons. The van der Waals surface area contributed by atoms with Crippen molar-refractivity contribution in [1.82, 2.24) is 15.1 Å². The van der Waals surface area contributed by atoms with Crippen LogP contribution in [0.4, 0.5) is 0 Å². The first-order valence-corrected chi connectivity index (χ1v) is 9.59. The van der Waals surface area contributed by atoms with Gasteiger partial charge in [0.1, 0.15) is 5.75 Å². The third-order valence-electron chi connectivity index (χ3n) is 4.70. The summed E-state index contributed by atoms with van der Waals surface area (Å²) in [6.45, 7) is 9.73. The zero-order valence-corrected chi connectivity index (χ0v) is 17.5. The first-order chi connectivity index (χ1) is 13.1. The molecule has 28 heavy (non-hydrogen) atoms. The van der Waals surface area contributed by atoms with Gasteiger partial charge in [-0.05, 0) is 30.0 Å². The summed E-state index contributed by atoms with van der Waals surface area (Å²) in [5.74, 6) is 0.379. The molecule has 1 saturated heterocycles. The molecule has 1 N–H and O–H groups in total. The number of nitrogens with zero attached hydrogens (tertiary/aromatic N) is 2. The Morgan fingerprint density at radius 3 is 2.25 bits per heavy atom. The van der Waals surface area contributed by atoms with Crippen molar-refractivity contribution in [3.63, 3.8) is 0 Å². The number of hydrogen-bond acceptors (Lipinski definition) is 4. The minimum atomic E-state index is -0.122. The maximum atomic E-state index is 12.7. The van der Waals surface area contributed by atoms with Crippen LogP contribution in [0.25, 0.3) is 0 Å². The van der Waals surface area contributed by atoms with E-state index in [0.29, 0.717) is 43.9 Å². The Morgan fingerprint density at radius 2 is 1.68 bits per heavy atom. The molecule has 1 heterocycles. The Morgan fingerprint density at radius 1 is 1.07 bits per heavy atom. The Labute approximate surface area is 167 Å². The summed E-state index contributed by atoms with van der Waals surface area (Å²) >= 11 is 0. The monoisotopic (exact) mass is 389 g/mol. The minimum Gasteiger partial charge on any atom is -0.496 e. The van der Waals surface area contributed by atoms with Gasteiger partial charge in [-0.1, -0.05) is 26.8 Å². The normalized spacial score (nSPS) is 14.6. The Balaban J connectivity index is 1.84. The van der Waals surface area contributed by atoms with Crippen molar-refractivity contribution in [2.45, 2.75) is 34.1 Å². The van der Waals surface area contributed by atoms with Gasteiger partial charge in [0.2, 0.25) is 11.8 Å². The number of ether oxygens (including phenoxy) is 1. The van der Waals surface area contributed by atoms with Crippen LogP contribution >= 0.6 is 0 Å². The summed E-state index contributed by atoms with van der Waals surface area (Å²) < 4.78 is 5.29. The molecule has 7 heteroatoms. The second-order valence-electron chi connectivity index (χ2n) is 8.37. The van der Waals surface area contributed by atoms with Gasteiger partial charge in [0, 0.05) is 38.2 Å². The smallest absolute Gasteiger partial charge is 0.254 e. The fourth-order valence-corrected chi connectivity index (χ4v) is 3.12. The van der Waals surface area contributed by atoms with E-state index in [1.807, 2.05) is 33.8 Å². The summed E-state index contributed by atoms with van der Waals surface area (Å²) in [7, 11) is 1.58. The van der Waals surface area contributed by atoms with Crippen LogP contribution in [0.3, 0.4) is 0 Å². The lowest BCUT2D eigenvalue weighted by Gasteiger charge is -2.35. The van der Waals surface area contributed by atoms with Crippen LogP contribution in [0.2, 0.25) is 0 Å². The lowest BCUT2D eigenvalue weighted by Crippen LogP contribution is -2.52. The van der Waals surface area contributed by atoms with Gasteiger partial charge in [0.25, 0.3) is 5.91 Å². The largest absolute Gasteiger partial charge is 0.496 e. The first kappa shape index (κ1) is 21.7. The topological polar surface area (TPSA) is 79.0 Å². The number of carbonyl (C=O) groups excluding carboxylic acids is 3. The number of hydrogen-bond donors (Lipinski definition) is 1. The quantitative estimate of drug-likeness (QED) is 0.833. The number of benzene rings is 1. The summed E-state index contributed by atoms with van der Waals surface area (Å²) in [6.07, 6.45) is 0.378. The molecule has 0 aromatic heterocycles. The third-order valence-corrected chi connectivity index (χ3v) is 4.70. The van der Waals surface area contributed by atoms with E-state index in [9.17, 15) is 14.4 Å². The number of piperazine rings is 1. The molecule has 0 aliphatic carbocycles. The van der Waals surface area contributed by atoms with Crippen molar-refractivity contribution >= 4 is 17.7 Å². The predicted octanol–water partition coefficient (Wildman–Crippen LogP) is 1.84. The number of methoxy groups -OCH3 is 1. The number of carbonyl (C=O) groups is 3. The van der Waals surface area contributed by atoms with Crippen LogP contribution in [-0.2, 0) is 9.59 Å². The second kappa shape index (κ2) is 9.08. The van der Waals surface area contributed by atoms with Gasteiger partial charge in [-0.3, -0.25) is 14.4 Å². The Bertz CT molecular complexity index is 732. The molecule has 1 aromatic carbocycles. The average molecular weight is 389 g/mol. The van der Waals surface area contributed by atoms with Crippen molar-refractivity contribution in [1.29, 1.82) is 0 Å². The van der Waals surface area contributed by atoms with Gasteiger partial charge in [-0.2, -0.15) is 0 Å². The zero-order valence-electron chi connectivity index (χ0n) is 17.5. The van der Waals surface area contributed by atoms with Crippen LogP contribution < -0.4 is 10.1 Å². The van der Waals surface area contributed by atoms with Crippen LogP contribution in [0, 0.1) is 12.3 Å². The number of aryl methyl sites for hydroxylation is 1. The summed E-state index contributed by atoms with van der Waals surface area (Å²) in [5, 5.41) is 2.69. The number of rotatable bonds is 5.